The van der Waals surface area contributed by atoms with Gasteiger partial charge in [0.1, 0.15) is 0 Å². The average molecular weight is 261 g/mol. The molecule has 0 amide bonds. The lowest BCUT2D eigenvalue weighted by Gasteiger charge is -2.31. The number of quaternary nitrogens is 1. The molecule has 0 bridgehead atoms. The number of rotatable bonds is 2. The SMILES string of the molecule is C[C@@H]1C/C(=N\OC(=O)c2ccccc2)[C@@H](C)C[NH+]1C. The van der Waals surface area contributed by atoms with Gasteiger partial charge in [0, 0.05) is 12.3 Å². The summed E-state index contributed by atoms with van der Waals surface area (Å²) in [6, 6.07) is 9.47. The van der Waals surface area contributed by atoms with Crippen molar-refractivity contribution in [2.45, 2.75) is 26.3 Å². The summed E-state index contributed by atoms with van der Waals surface area (Å²) in [6.45, 7) is 5.35. The lowest BCUT2D eigenvalue weighted by molar-refractivity contribution is -0.908. The minimum absolute atomic E-state index is 0.361. The molecule has 1 heterocycles. The van der Waals surface area contributed by atoms with Crippen molar-refractivity contribution < 1.29 is 14.5 Å². The van der Waals surface area contributed by atoms with Crippen molar-refractivity contribution in [3.8, 4) is 0 Å². The molecule has 19 heavy (non-hydrogen) atoms. The van der Waals surface area contributed by atoms with Crippen LogP contribution >= 0.6 is 0 Å². The molecule has 102 valence electrons. The molecular weight excluding hydrogens is 240 g/mol. The largest absolute Gasteiger partial charge is 0.365 e. The van der Waals surface area contributed by atoms with E-state index in [0.717, 1.165) is 18.7 Å². The Morgan fingerprint density at radius 2 is 2.00 bits per heavy atom. The van der Waals surface area contributed by atoms with Crippen LogP contribution in [0.15, 0.2) is 35.5 Å². The first kappa shape index (κ1) is 13.7. The highest BCUT2D eigenvalue weighted by atomic mass is 16.7. The molecule has 0 spiro atoms. The molecule has 0 radical (unpaired) electrons. The molecular formula is C15H21N2O2+. The van der Waals surface area contributed by atoms with E-state index >= 15 is 0 Å². The third-order valence-electron chi connectivity index (χ3n) is 3.81. The fourth-order valence-electron chi connectivity index (χ4n) is 2.35. The molecule has 1 aromatic rings. The number of nitrogens with one attached hydrogen (secondary N) is 1. The van der Waals surface area contributed by atoms with Crippen LogP contribution < -0.4 is 4.90 Å². The minimum Gasteiger partial charge on any atom is -0.334 e. The molecule has 1 saturated heterocycles. The van der Waals surface area contributed by atoms with Gasteiger partial charge in [-0.25, -0.2) is 4.79 Å². The Balaban J connectivity index is 2.00. The molecule has 0 aromatic heterocycles. The summed E-state index contributed by atoms with van der Waals surface area (Å²) in [6.07, 6.45) is 0.884. The van der Waals surface area contributed by atoms with E-state index < -0.39 is 0 Å². The molecule has 1 aliphatic heterocycles. The molecule has 1 fully saturated rings. The van der Waals surface area contributed by atoms with Crippen LogP contribution in [0, 0.1) is 5.92 Å². The summed E-state index contributed by atoms with van der Waals surface area (Å²) in [5.41, 5.74) is 1.52. The molecule has 0 aliphatic carbocycles. The molecule has 4 heteroatoms. The van der Waals surface area contributed by atoms with E-state index in [4.69, 9.17) is 4.84 Å². The number of hydrogen-bond acceptors (Lipinski definition) is 3. The zero-order valence-electron chi connectivity index (χ0n) is 11.7. The smallest absolute Gasteiger partial charge is 0.334 e. The van der Waals surface area contributed by atoms with Gasteiger partial charge in [-0.1, -0.05) is 30.3 Å². The van der Waals surface area contributed by atoms with Crippen LogP contribution in [0.1, 0.15) is 30.6 Å². The Labute approximate surface area is 114 Å². The molecule has 3 atom stereocenters. The number of oxime groups is 1. The van der Waals surface area contributed by atoms with Crippen molar-refractivity contribution in [2.24, 2.45) is 11.1 Å². The second-order valence-corrected chi connectivity index (χ2v) is 5.38. The highest BCUT2D eigenvalue weighted by Crippen LogP contribution is 2.09. The topological polar surface area (TPSA) is 43.1 Å². The number of likely N-dealkylation sites (tertiary alicyclic amines) is 1. The molecule has 1 unspecified atom stereocenters. The van der Waals surface area contributed by atoms with E-state index in [9.17, 15) is 4.79 Å². The standard InChI is InChI=1S/C15H20N2O2/c1-11-10-17(3)12(2)9-14(11)16-19-15(18)13-7-5-4-6-8-13/h4-8,11-12H,9-10H2,1-3H3/p+1/b16-14+/t11-,12+/m0/s1. The minimum atomic E-state index is -0.390. The predicted octanol–water partition coefficient (Wildman–Crippen LogP) is 1.14. The van der Waals surface area contributed by atoms with Gasteiger partial charge in [-0.15, -0.1) is 0 Å². The summed E-state index contributed by atoms with van der Waals surface area (Å²) >= 11 is 0. The van der Waals surface area contributed by atoms with Crippen molar-refractivity contribution >= 4 is 11.7 Å². The lowest BCUT2D eigenvalue weighted by Crippen LogP contribution is -3.14. The number of piperidine rings is 1. The van der Waals surface area contributed by atoms with Crippen LogP contribution in [0.4, 0.5) is 0 Å². The number of benzene rings is 1. The second-order valence-electron chi connectivity index (χ2n) is 5.38. The van der Waals surface area contributed by atoms with Crippen molar-refractivity contribution in [3.63, 3.8) is 0 Å². The first-order chi connectivity index (χ1) is 9.08. The molecule has 1 aromatic carbocycles. The van der Waals surface area contributed by atoms with Gasteiger partial charge < -0.3 is 9.74 Å². The van der Waals surface area contributed by atoms with Crippen LogP contribution in [0.5, 0.6) is 0 Å². The fourth-order valence-corrected chi connectivity index (χ4v) is 2.35. The Hall–Kier alpha value is -1.68. The first-order valence-electron chi connectivity index (χ1n) is 6.73. The van der Waals surface area contributed by atoms with Crippen LogP contribution in [0.2, 0.25) is 0 Å². The van der Waals surface area contributed by atoms with Gasteiger partial charge in [0.25, 0.3) is 0 Å². The van der Waals surface area contributed by atoms with E-state index in [1.807, 2.05) is 18.2 Å². The van der Waals surface area contributed by atoms with E-state index in [-0.39, 0.29) is 5.97 Å². The molecule has 2 rings (SSSR count). The number of hydrogen-bond donors (Lipinski definition) is 1. The average Bonchev–Trinajstić information content (AvgIpc) is 2.42. The van der Waals surface area contributed by atoms with Crippen LogP contribution in [-0.2, 0) is 4.84 Å². The Bertz CT molecular complexity index is 470. The van der Waals surface area contributed by atoms with Gasteiger partial charge in [-0.3, -0.25) is 0 Å². The summed E-state index contributed by atoms with van der Waals surface area (Å²) in [5, 5.41) is 4.08. The lowest BCUT2D eigenvalue weighted by atomic mass is 9.93. The predicted molar refractivity (Wildman–Crippen MR) is 74.3 cm³/mol. The summed E-state index contributed by atoms with van der Waals surface area (Å²) in [7, 11) is 2.19. The van der Waals surface area contributed by atoms with E-state index in [0.29, 0.717) is 17.5 Å². The maximum absolute atomic E-state index is 11.8. The Morgan fingerprint density at radius 3 is 2.68 bits per heavy atom. The molecule has 1 N–H and O–H groups in total. The van der Waals surface area contributed by atoms with Gasteiger partial charge in [0.2, 0.25) is 0 Å². The first-order valence-corrected chi connectivity index (χ1v) is 6.73. The molecule has 0 saturated carbocycles. The van der Waals surface area contributed by atoms with Gasteiger partial charge in [0.15, 0.2) is 0 Å². The zero-order chi connectivity index (χ0) is 13.8. The normalized spacial score (nSPS) is 29.2. The fraction of sp³-hybridized carbons (Fsp3) is 0.467. The van der Waals surface area contributed by atoms with Crippen molar-refractivity contribution in [1.29, 1.82) is 0 Å². The summed E-state index contributed by atoms with van der Waals surface area (Å²) in [4.78, 5) is 18.4. The van der Waals surface area contributed by atoms with Crippen LogP contribution in [-0.4, -0.2) is 31.3 Å². The van der Waals surface area contributed by atoms with Crippen molar-refractivity contribution in [2.75, 3.05) is 13.6 Å². The van der Waals surface area contributed by atoms with E-state index in [2.05, 4.69) is 26.1 Å². The number of carbonyl (C=O) groups excluding carboxylic acids is 1. The maximum Gasteiger partial charge on any atom is 0.365 e. The van der Waals surface area contributed by atoms with Crippen molar-refractivity contribution in [3.05, 3.63) is 35.9 Å². The molecule has 1 aliphatic rings. The summed E-state index contributed by atoms with van der Waals surface area (Å²) in [5.74, 6) is -0.0287. The van der Waals surface area contributed by atoms with Gasteiger partial charge in [-0.2, -0.15) is 0 Å². The number of nitrogens with zero attached hydrogens (tertiary/aromatic N) is 1. The zero-order valence-corrected chi connectivity index (χ0v) is 11.7. The highest BCUT2D eigenvalue weighted by Gasteiger charge is 2.29. The van der Waals surface area contributed by atoms with Gasteiger partial charge >= 0.3 is 5.97 Å². The number of carbonyl (C=O) groups is 1. The van der Waals surface area contributed by atoms with Crippen LogP contribution in [0.25, 0.3) is 0 Å². The molecule has 4 nitrogen and oxygen atoms in total. The third-order valence-corrected chi connectivity index (χ3v) is 3.81. The Kier molecular flexibility index (Phi) is 4.32. The van der Waals surface area contributed by atoms with Gasteiger partial charge in [-0.05, 0) is 19.1 Å². The quantitative estimate of drug-likeness (QED) is 0.641. The highest BCUT2D eigenvalue weighted by molar-refractivity contribution is 5.91. The maximum atomic E-state index is 11.8. The monoisotopic (exact) mass is 261 g/mol. The Morgan fingerprint density at radius 1 is 1.32 bits per heavy atom. The second kappa shape index (κ2) is 5.97. The summed E-state index contributed by atoms with van der Waals surface area (Å²) < 4.78 is 0. The third kappa shape index (κ3) is 3.41. The van der Waals surface area contributed by atoms with E-state index in [1.54, 1.807) is 12.1 Å². The van der Waals surface area contributed by atoms with Crippen LogP contribution in [0.3, 0.4) is 0 Å². The van der Waals surface area contributed by atoms with E-state index in [1.165, 1.54) is 4.90 Å². The van der Waals surface area contributed by atoms with Crippen molar-refractivity contribution in [1.82, 2.24) is 0 Å². The van der Waals surface area contributed by atoms with Gasteiger partial charge in [0.05, 0.1) is 30.9 Å².